The maximum atomic E-state index is 12.3. The van der Waals surface area contributed by atoms with Crippen molar-refractivity contribution >= 4 is 16.8 Å². The third-order valence-corrected chi connectivity index (χ3v) is 4.60. The minimum atomic E-state index is 0.0492. The van der Waals surface area contributed by atoms with Gasteiger partial charge in [0, 0.05) is 29.7 Å². The van der Waals surface area contributed by atoms with Crippen LogP contribution in [0, 0.1) is 5.92 Å². The zero-order valence-electron chi connectivity index (χ0n) is 13.1. The molecule has 1 atom stereocenters. The lowest BCUT2D eigenvalue weighted by Crippen LogP contribution is -2.38. The number of carbonyl (C=O) groups is 1. The largest absolute Gasteiger partial charge is 0.396 e. The average Bonchev–Trinajstić information content (AvgIpc) is 3.29. The first-order valence-corrected chi connectivity index (χ1v) is 8.21. The molecule has 1 aliphatic carbocycles. The summed E-state index contributed by atoms with van der Waals surface area (Å²) in [6.45, 7) is 2.27. The molecule has 4 nitrogen and oxygen atoms in total. The van der Waals surface area contributed by atoms with Crippen molar-refractivity contribution in [1.82, 2.24) is 10.3 Å². The zero-order valence-corrected chi connectivity index (χ0v) is 13.1. The number of aromatic amines is 1. The maximum absolute atomic E-state index is 12.3. The number of amides is 1. The van der Waals surface area contributed by atoms with E-state index in [0.29, 0.717) is 18.8 Å². The standard InChI is InChI=1S/C18H24N2O2/c1-2-12-4-3-5-15-14(11-19-18(12)15)10-17(22)20-16(8-9-21)13-6-7-13/h3-5,11,13,16,19,21H,2,6-10H2,1H3,(H,20,22). The summed E-state index contributed by atoms with van der Waals surface area (Å²) in [6, 6.07) is 6.37. The molecular weight excluding hydrogens is 276 g/mol. The highest BCUT2D eigenvalue weighted by atomic mass is 16.3. The number of para-hydroxylation sites is 1. The highest BCUT2D eigenvalue weighted by Crippen LogP contribution is 2.34. The summed E-state index contributed by atoms with van der Waals surface area (Å²) in [5.41, 5.74) is 3.46. The number of benzene rings is 1. The number of aryl methyl sites for hydroxylation is 1. The number of nitrogens with one attached hydrogen (secondary N) is 2. The third kappa shape index (κ3) is 3.17. The number of aromatic nitrogens is 1. The minimum Gasteiger partial charge on any atom is -0.396 e. The van der Waals surface area contributed by atoms with Crippen LogP contribution in [0.2, 0.25) is 0 Å². The van der Waals surface area contributed by atoms with Crippen molar-refractivity contribution in [2.75, 3.05) is 6.61 Å². The molecule has 0 aliphatic heterocycles. The van der Waals surface area contributed by atoms with Gasteiger partial charge in [-0.2, -0.15) is 0 Å². The van der Waals surface area contributed by atoms with Gasteiger partial charge in [-0.05, 0) is 42.7 Å². The topological polar surface area (TPSA) is 65.1 Å². The fourth-order valence-corrected chi connectivity index (χ4v) is 3.21. The second-order valence-electron chi connectivity index (χ2n) is 6.21. The molecule has 22 heavy (non-hydrogen) atoms. The molecule has 2 aromatic rings. The quantitative estimate of drug-likeness (QED) is 0.736. The van der Waals surface area contributed by atoms with Crippen LogP contribution in [0.15, 0.2) is 24.4 Å². The van der Waals surface area contributed by atoms with Crippen molar-refractivity contribution < 1.29 is 9.90 Å². The number of aliphatic hydroxyl groups excluding tert-OH is 1. The molecule has 4 heteroatoms. The molecule has 3 N–H and O–H groups in total. The number of rotatable bonds is 7. The van der Waals surface area contributed by atoms with Crippen LogP contribution in [0.5, 0.6) is 0 Å². The van der Waals surface area contributed by atoms with Gasteiger partial charge < -0.3 is 15.4 Å². The molecule has 1 unspecified atom stereocenters. The second kappa shape index (κ2) is 6.53. The van der Waals surface area contributed by atoms with Crippen molar-refractivity contribution in [3.63, 3.8) is 0 Å². The van der Waals surface area contributed by atoms with Crippen molar-refractivity contribution in [3.8, 4) is 0 Å². The Morgan fingerprint density at radius 1 is 1.41 bits per heavy atom. The van der Waals surface area contributed by atoms with E-state index in [-0.39, 0.29) is 18.6 Å². The normalized spacial score (nSPS) is 15.9. The fraction of sp³-hybridized carbons (Fsp3) is 0.500. The number of hydrogen-bond acceptors (Lipinski definition) is 2. The Morgan fingerprint density at radius 2 is 2.23 bits per heavy atom. The van der Waals surface area contributed by atoms with Gasteiger partial charge in [-0.3, -0.25) is 4.79 Å². The summed E-state index contributed by atoms with van der Waals surface area (Å²) in [5, 5.41) is 13.4. The van der Waals surface area contributed by atoms with E-state index in [0.717, 1.165) is 35.7 Å². The SMILES string of the molecule is CCc1cccc2c(CC(=O)NC(CCO)C3CC3)c[nH]c12. The summed E-state index contributed by atoms with van der Waals surface area (Å²) >= 11 is 0. The molecule has 118 valence electrons. The summed E-state index contributed by atoms with van der Waals surface area (Å²) in [7, 11) is 0. The summed E-state index contributed by atoms with van der Waals surface area (Å²) in [6.07, 6.45) is 6.30. The Morgan fingerprint density at radius 3 is 2.91 bits per heavy atom. The predicted octanol–water partition coefficient (Wildman–Crippen LogP) is 2.55. The van der Waals surface area contributed by atoms with E-state index in [4.69, 9.17) is 5.11 Å². The Labute approximate surface area is 130 Å². The lowest BCUT2D eigenvalue weighted by molar-refractivity contribution is -0.121. The van der Waals surface area contributed by atoms with Gasteiger partial charge in [0.15, 0.2) is 0 Å². The van der Waals surface area contributed by atoms with Gasteiger partial charge in [0.05, 0.1) is 6.42 Å². The number of hydrogen-bond donors (Lipinski definition) is 3. The van der Waals surface area contributed by atoms with E-state index in [1.165, 1.54) is 5.56 Å². The molecule has 0 radical (unpaired) electrons. The Kier molecular flexibility index (Phi) is 4.48. The van der Waals surface area contributed by atoms with E-state index in [2.05, 4.69) is 35.4 Å². The van der Waals surface area contributed by atoms with Gasteiger partial charge in [-0.25, -0.2) is 0 Å². The first-order chi connectivity index (χ1) is 10.7. The van der Waals surface area contributed by atoms with Crippen LogP contribution in [0.25, 0.3) is 10.9 Å². The van der Waals surface area contributed by atoms with Crippen LogP contribution in [0.3, 0.4) is 0 Å². The average molecular weight is 300 g/mol. The van der Waals surface area contributed by atoms with E-state index in [1.54, 1.807) is 0 Å². The molecule has 1 heterocycles. The number of fused-ring (bicyclic) bond motifs is 1. The Balaban J connectivity index is 1.71. The second-order valence-corrected chi connectivity index (χ2v) is 6.21. The van der Waals surface area contributed by atoms with Crippen molar-refractivity contribution in [3.05, 3.63) is 35.5 Å². The van der Waals surface area contributed by atoms with Gasteiger partial charge >= 0.3 is 0 Å². The molecule has 0 spiro atoms. The van der Waals surface area contributed by atoms with Gasteiger partial charge in [-0.1, -0.05) is 25.1 Å². The van der Waals surface area contributed by atoms with Crippen LogP contribution in [0.1, 0.15) is 37.3 Å². The van der Waals surface area contributed by atoms with Gasteiger partial charge in [0.1, 0.15) is 0 Å². The van der Waals surface area contributed by atoms with E-state index >= 15 is 0 Å². The smallest absolute Gasteiger partial charge is 0.224 e. The first kappa shape index (κ1) is 15.1. The zero-order chi connectivity index (χ0) is 15.5. The highest BCUT2D eigenvalue weighted by Gasteiger charge is 2.31. The molecule has 0 bridgehead atoms. The molecule has 0 saturated heterocycles. The third-order valence-electron chi connectivity index (χ3n) is 4.60. The van der Waals surface area contributed by atoms with Crippen molar-refractivity contribution in [2.45, 2.75) is 45.1 Å². The van der Waals surface area contributed by atoms with Crippen LogP contribution < -0.4 is 5.32 Å². The number of H-pyrrole nitrogens is 1. The van der Waals surface area contributed by atoms with E-state index in [9.17, 15) is 4.79 Å². The van der Waals surface area contributed by atoms with Crippen LogP contribution >= 0.6 is 0 Å². The molecule has 1 aromatic carbocycles. The van der Waals surface area contributed by atoms with Gasteiger partial charge in [0.25, 0.3) is 0 Å². The molecule has 3 rings (SSSR count). The van der Waals surface area contributed by atoms with Crippen molar-refractivity contribution in [1.29, 1.82) is 0 Å². The first-order valence-electron chi connectivity index (χ1n) is 8.21. The highest BCUT2D eigenvalue weighted by molar-refractivity contribution is 5.90. The fourth-order valence-electron chi connectivity index (χ4n) is 3.21. The predicted molar refractivity (Wildman–Crippen MR) is 87.7 cm³/mol. The molecule has 1 aromatic heterocycles. The molecule has 1 aliphatic rings. The minimum absolute atomic E-state index is 0.0492. The molecule has 1 fully saturated rings. The monoisotopic (exact) mass is 300 g/mol. The maximum Gasteiger partial charge on any atom is 0.224 e. The number of aliphatic hydroxyl groups is 1. The Hall–Kier alpha value is -1.81. The summed E-state index contributed by atoms with van der Waals surface area (Å²) < 4.78 is 0. The van der Waals surface area contributed by atoms with E-state index in [1.807, 2.05) is 6.20 Å². The van der Waals surface area contributed by atoms with Crippen molar-refractivity contribution in [2.24, 2.45) is 5.92 Å². The molecule has 1 amide bonds. The van der Waals surface area contributed by atoms with E-state index < -0.39 is 0 Å². The lowest BCUT2D eigenvalue weighted by atomic mass is 10.0. The summed E-state index contributed by atoms with van der Waals surface area (Å²) in [4.78, 5) is 15.6. The van der Waals surface area contributed by atoms with Crippen LogP contribution in [-0.2, 0) is 17.6 Å². The Bertz CT molecular complexity index is 658. The van der Waals surface area contributed by atoms with Crippen LogP contribution in [0.4, 0.5) is 0 Å². The summed E-state index contributed by atoms with van der Waals surface area (Å²) in [5.74, 6) is 0.610. The molecule has 1 saturated carbocycles. The number of carbonyl (C=O) groups excluding carboxylic acids is 1. The lowest BCUT2D eigenvalue weighted by Gasteiger charge is -2.17. The van der Waals surface area contributed by atoms with Gasteiger partial charge in [-0.15, -0.1) is 0 Å². The van der Waals surface area contributed by atoms with Gasteiger partial charge in [0.2, 0.25) is 5.91 Å². The van der Waals surface area contributed by atoms with Crippen LogP contribution in [-0.4, -0.2) is 28.6 Å². The molecular formula is C18H24N2O2.